The first-order valence-corrected chi connectivity index (χ1v) is 10.7. The lowest BCUT2D eigenvalue weighted by Crippen LogP contribution is -2.53. The van der Waals surface area contributed by atoms with Crippen LogP contribution in [0, 0.1) is 0 Å². The molecular formula is C23H32N4OS. The highest BCUT2D eigenvalue weighted by Gasteiger charge is 2.21. The molecule has 3 rings (SSSR count). The van der Waals surface area contributed by atoms with Gasteiger partial charge in [0.05, 0.1) is 7.11 Å². The topological polar surface area (TPSA) is 39.8 Å². The molecule has 0 spiro atoms. The second kappa shape index (κ2) is 11.0. The van der Waals surface area contributed by atoms with Crippen LogP contribution in [0.25, 0.3) is 0 Å². The smallest absolute Gasteiger partial charge is 0.166 e. The molecule has 1 saturated heterocycles. The highest BCUT2D eigenvalue weighted by molar-refractivity contribution is 7.80. The van der Waals surface area contributed by atoms with Crippen molar-refractivity contribution in [3.05, 3.63) is 60.2 Å². The van der Waals surface area contributed by atoms with E-state index in [0.717, 1.165) is 56.6 Å². The summed E-state index contributed by atoms with van der Waals surface area (Å²) >= 11 is 5.44. The molecule has 2 aromatic rings. The number of piperazine rings is 1. The summed E-state index contributed by atoms with van der Waals surface area (Å²) in [6, 6.07) is 19.3. The van der Waals surface area contributed by atoms with E-state index >= 15 is 0 Å². The summed E-state index contributed by atoms with van der Waals surface area (Å²) in [6.07, 6.45) is 0.933. The Labute approximate surface area is 180 Å². The first-order valence-electron chi connectivity index (χ1n) is 10.3. The molecule has 0 radical (unpaired) electrons. The van der Waals surface area contributed by atoms with Crippen molar-refractivity contribution >= 4 is 23.0 Å². The lowest BCUT2D eigenvalue weighted by Gasteiger charge is -2.39. The summed E-state index contributed by atoms with van der Waals surface area (Å²) in [5.41, 5.74) is 2.59. The molecule has 5 nitrogen and oxygen atoms in total. The Morgan fingerprint density at radius 3 is 2.34 bits per heavy atom. The van der Waals surface area contributed by atoms with Gasteiger partial charge in [0.25, 0.3) is 0 Å². The zero-order valence-electron chi connectivity index (χ0n) is 17.4. The fourth-order valence-electron chi connectivity index (χ4n) is 3.60. The van der Waals surface area contributed by atoms with Gasteiger partial charge in [-0.15, -0.1) is 0 Å². The SMILES string of the molecule is COc1ccc(CCNC(=S)NCC(C)N2CCN(c3ccccc3)CC2)cc1. The maximum atomic E-state index is 5.44. The highest BCUT2D eigenvalue weighted by atomic mass is 32.1. The van der Waals surface area contributed by atoms with Gasteiger partial charge in [-0.05, 0) is 55.4 Å². The van der Waals surface area contributed by atoms with E-state index in [1.165, 1.54) is 11.3 Å². The van der Waals surface area contributed by atoms with Crippen molar-refractivity contribution in [3.8, 4) is 5.75 Å². The Morgan fingerprint density at radius 1 is 1.00 bits per heavy atom. The van der Waals surface area contributed by atoms with Gasteiger partial charge in [-0.25, -0.2) is 0 Å². The number of methoxy groups -OCH3 is 1. The molecule has 0 bridgehead atoms. The minimum atomic E-state index is 0.453. The number of anilines is 1. The molecule has 1 aliphatic heterocycles. The van der Waals surface area contributed by atoms with Crippen molar-refractivity contribution in [2.24, 2.45) is 0 Å². The van der Waals surface area contributed by atoms with E-state index < -0.39 is 0 Å². The predicted octanol–water partition coefficient (Wildman–Crippen LogP) is 2.91. The van der Waals surface area contributed by atoms with Crippen LogP contribution in [0.2, 0.25) is 0 Å². The number of benzene rings is 2. The molecule has 0 saturated carbocycles. The monoisotopic (exact) mass is 412 g/mol. The molecule has 2 aromatic carbocycles. The number of nitrogens with zero attached hydrogens (tertiary/aromatic N) is 2. The number of nitrogens with one attached hydrogen (secondary N) is 2. The molecule has 156 valence electrons. The molecule has 1 unspecified atom stereocenters. The van der Waals surface area contributed by atoms with E-state index in [1.54, 1.807) is 7.11 Å². The molecule has 1 fully saturated rings. The van der Waals surface area contributed by atoms with Gasteiger partial charge >= 0.3 is 0 Å². The third kappa shape index (κ3) is 6.61. The van der Waals surface area contributed by atoms with Gasteiger partial charge < -0.3 is 20.3 Å². The minimum Gasteiger partial charge on any atom is -0.497 e. The van der Waals surface area contributed by atoms with Crippen LogP contribution in [-0.4, -0.2) is 62.4 Å². The summed E-state index contributed by atoms with van der Waals surface area (Å²) in [5.74, 6) is 0.887. The first kappa shape index (κ1) is 21.4. The highest BCUT2D eigenvalue weighted by Crippen LogP contribution is 2.16. The number of thiocarbonyl (C=S) groups is 1. The molecule has 0 aliphatic carbocycles. The zero-order chi connectivity index (χ0) is 20.5. The summed E-state index contributed by atoms with van der Waals surface area (Å²) in [7, 11) is 1.69. The summed E-state index contributed by atoms with van der Waals surface area (Å²) < 4.78 is 5.19. The van der Waals surface area contributed by atoms with Gasteiger partial charge in [-0.2, -0.15) is 0 Å². The Hall–Kier alpha value is -2.31. The zero-order valence-corrected chi connectivity index (χ0v) is 18.3. The van der Waals surface area contributed by atoms with E-state index in [0.29, 0.717) is 6.04 Å². The molecule has 1 heterocycles. The van der Waals surface area contributed by atoms with Crippen LogP contribution in [0.3, 0.4) is 0 Å². The Balaban J connectivity index is 1.31. The van der Waals surface area contributed by atoms with Gasteiger partial charge in [-0.3, -0.25) is 4.90 Å². The minimum absolute atomic E-state index is 0.453. The summed E-state index contributed by atoms with van der Waals surface area (Å²) in [5, 5.41) is 7.41. The van der Waals surface area contributed by atoms with Crippen LogP contribution in [0.1, 0.15) is 12.5 Å². The van der Waals surface area contributed by atoms with Crippen LogP contribution in [0.15, 0.2) is 54.6 Å². The third-order valence-electron chi connectivity index (χ3n) is 5.48. The standard InChI is InChI=1S/C23H32N4OS/c1-19(26-14-16-27(17-15-26)21-6-4-3-5-7-21)18-25-23(29)24-13-12-20-8-10-22(28-2)11-9-20/h3-11,19H,12-18H2,1-2H3,(H2,24,25,29). The van der Waals surface area contributed by atoms with E-state index in [-0.39, 0.29) is 0 Å². The largest absolute Gasteiger partial charge is 0.497 e. The van der Waals surface area contributed by atoms with Crippen LogP contribution in [0.5, 0.6) is 5.75 Å². The van der Waals surface area contributed by atoms with Crippen LogP contribution in [0.4, 0.5) is 5.69 Å². The molecular weight excluding hydrogens is 380 g/mol. The molecule has 29 heavy (non-hydrogen) atoms. The van der Waals surface area contributed by atoms with Crippen molar-refractivity contribution in [1.82, 2.24) is 15.5 Å². The predicted molar refractivity (Wildman–Crippen MR) is 125 cm³/mol. The summed E-state index contributed by atoms with van der Waals surface area (Å²) in [6.45, 7) is 8.25. The lowest BCUT2D eigenvalue weighted by atomic mass is 10.1. The van der Waals surface area contributed by atoms with E-state index in [4.69, 9.17) is 17.0 Å². The normalized spacial score (nSPS) is 15.6. The third-order valence-corrected chi connectivity index (χ3v) is 5.76. The molecule has 2 N–H and O–H groups in total. The van der Waals surface area contributed by atoms with E-state index in [1.807, 2.05) is 12.1 Å². The molecule has 0 aromatic heterocycles. The van der Waals surface area contributed by atoms with Gasteiger partial charge in [0, 0.05) is 51.0 Å². The number of ether oxygens (including phenoxy) is 1. The fraction of sp³-hybridized carbons (Fsp3) is 0.435. The number of hydrogen-bond donors (Lipinski definition) is 2. The lowest BCUT2D eigenvalue weighted by molar-refractivity contribution is 0.197. The second-order valence-corrected chi connectivity index (χ2v) is 7.85. The molecule has 6 heteroatoms. The van der Waals surface area contributed by atoms with Gasteiger partial charge in [0.1, 0.15) is 5.75 Å². The van der Waals surface area contributed by atoms with Crippen LogP contribution < -0.4 is 20.3 Å². The average Bonchev–Trinajstić information content (AvgIpc) is 2.78. The Morgan fingerprint density at radius 2 is 1.69 bits per heavy atom. The average molecular weight is 413 g/mol. The van der Waals surface area contributed by atoms with Crippen molar-refractivity contribution in [2.45, 2.75) is 19.4 Å². The van der Waals surface area contributed by atoms with Crippen LogP contribution >= 0.6 is 12.2 Å². The maximum absolute atomic E-state index is 5.44. The first-order chi connectivity index (χ1) is 14.2. The Kier molecular flexibility index (Phi) is 8.14. The second-order valence-electron chi connectivity index (χ2n) is 7.44. The molecule has 1 atom stereocenters. The van der Waals surface area contributed by atoms with Crippen molar-refractivity contribution in [1.29, 1.82) is 0 Å². The number of hydrogen-bond acceptors (Lipinski definition) is 4. The Bertz CT molecular complexity index is 745. The van der Waals surface area contributed by atoms with Crippen molar-refractivity contribution < 1.29 is 4.74 Å². The fourth-order valence-corrected chi connectivity index (χ4v) is 3.79. The van der Waals surface area contributed by atoms with Gasteiger partial charge in [0.15, 0.2) is 5.11 Å². The van der Waals surface area contributed by atoms with Gasteiger partial charge in [-0.1, -0.05) is 30.3 Å². The summed E-state index contributed by atoms with van der Waals surface area (Å²) in [4.78, 5) is 4.99. The molecule has 0 amide bonds. The van der Waals surface area contributed by atoms with Crippen LogP contribution in [-0.2, 0) is 6.42 Å². The number of rotatable bonds is 8. The van der Waals surface area contributed by atoms with Crippen molar-refractivity contribution in [3.63, 3.8) is 0 Å². The van der Waals surface area contributed by atoms with Crippen molar-refractivity contribution in [2.75, 3.05) is 51.3 Å². The van der Waals surface area contributed by atoms with Gasteiger partial charge in [0.2, 0.25) is 0 Å². The quantitative estimate of drug-likeness (QED) is 0.650. The van der Waals surface area contributed by atoms with E-state index in [9.17, 15) is 0 Å². The maximum Gasteiger partial charge on any atom is 0.166 e. The number of para-hydroxylation sites is 1. The molecule has 1 aliphatic rings. The van der Waals surface area contributed by atoms with E-state index in [2.05, 4.69) is 69.8 Å².